The lowest BCUT2D eigenvalue weighted by atomic mass is 10.2. The summed E-state index contributed by atoms with van der Waals surface area (Å²) in [5.74, 6) is 0. The molecule has 6 heteroatoms. The summed E-state index contributed by atoms with van der Waals surface area (Å²) in [4.78, 5) is 0. The van der Waals surface area contributed by atoms with Crippen molar-refractivity contribution in [1.82, 2.24) is 15.5 Å². The Morgan fingerprint density at radius 2 is 1.90 bits per heavy atom. The lowest BCUT2D eigenvalue weighted by molar-refractivity contribution is 0.569. The summed E-state index contributed by atoms with van der Waals surface area (Å²) in [6, 6.07) is 5.97. The third kappa shape index (κ3) is 4.16. The van der Waals surface area contributed by atoms with Crippen LogP contribution in [0.1, 0.15) is 25.3 Å². The zero-order valence-electron chi connectivity index (χ0n) is 11.5. The maximum atomic E-state index is 6.18. The summed E-state index contributed by atoms with van der Waals surface area (Å²) in [7, 11) is 0. The number of hydrogen-bond donors (Lipinski definition) is 1. The van der Waals surface area contributed by atoms with Gasteiger partial charge >= 0.3 is 0 Å². The Morgan fingerprint density at radius 3 is 2.55 bits per heavy atom. The number of rotatable bonds is 6. The number of halogens is 2. The van der Waals surface area contributed by atoms with E-state index < -0.39 is 0 Å². The molecule has 108 valence electrons. The van der Waals surface area contributed by atoms with Crippen molar-refractivity contribution >= 4 is 34.5 Å². The summed E-state index contributed by atoms with van der Waals surface area (Å²) in [6.07, 6.45) is 1.96. The smallest absolute Gasteiger partial charge is 0.150 e. The van der Waals surface area contributed by atoms with Crippen LogP contribution in [0, 0.1) is 0 Å². The Labute approximate surface area is 133 Å². The molecule has 20 heavy (non-hydrogen) atoms. The van der Waals surface area contributed by atoms with Gasteiger partial charge in [0.2, 0.25) is 0 Å². The average Bonchev–Trinajstić information content (AvgIpc) is 2.83. The SMILES string of the molecule is CC(C)NCCCc1nnc(-c2c(Cl)cccc2Cl)s1. The van der Waals surface area contributed by atoms with Crippen molar-refractivity contribution < 1.29 is 0 Å². The molecule has 0 saturated carbocycles. The molecule has 0 aliphatic carbocycles. The second kappa shape index (κ2) is 7.36. The molecule has 0 spiro atoms. The summed E-state index contributed by atoms with van der Waals surface area (Å²) >= 11 is 13.9. The van der Waals surface area contributed by atoms with Crippen molar-refractivity contribution in [2.75, 3.05) is 6.54 Å². The molecule has 0 bridgehead atoms. The van der Waals surface area contributed by atoms with Gasteiger partial charge in [0.25, 0.3) is 0 Å². The van der Waals surface area contributed by atoms with E-state index in [-0.39, 0.29) is 0 Å². The Bertz CT molecular complexity index is 549. The van der Waals surface area contributed by atoms with Gasteiger partial charge in [-0.2, -0.15) is 0 Å². The molecule has 0 unspecified atom stereocenters. The van der Waals surface area contributed by atoms with Crippen molar-refractivity contribution in [1.29, 1.82) is 0 Å². The molecule has 1 N–H and O–H groups in total. The number of aromatic nitrogens is 2. The zero-order valence-corrected chi connectivity index (χ0v) is 13.8. The van der Waals surface area contributed by atoms with Gasteiger partial charge in [0.15, 0.2) is 5.01 Å². The lowest BCUT2D eigenvalue weighted by Gasteiger charge is -2.05. The van der Waals surface area contributed by atoms with Gasteiger partial charge in [-0.15, -0.1) is 10.2 Å². The first-order valence-electron chi connectivity index (χ1n) is 6.58. The molecule has 0 fully saturated rings. The monoisotopic (exact) mass is 329 g/mol. The minimum atomic E-state index is 0.516. The molecule has 0 aliphatic heterocycles. The minimum absolute atomic E-state index is 0.516. The lowest BCUT2D eigenvalue weighted by Crippen LogP contribution is -2.23. The van der Waals surface area contributed by atoms with E-state index in [4.69, 9.17) is 23.2 Å². The molecule has 2 rings (SSSR count). The summed E-state index contributed by atoms with van der Waals surface area (Å²) in [5, 5.41) is 14.8. The van der Waals surface area contributed by atoms with Gasteiger partial charge in [-0.1, -0.05) is 54.5 Å². The predicted molar refractivity (Wildman–Crippen MR) is 86.8 cm³/mol. The highest BCUT2D eigenvalue weighted by atomic mass is 35.5. The maximum absolute atomic E-state index is 6.18. The molecule has 1 aromatic heterocycles. The van der Waals surface area contributed by atoms with Crippen molar-refractivity contribution in [2.24, 2.45) is 0 Å². The highest BCUT2D eigenvalue weighted by molar-refractivity contribution is 7.14. The van der Waals surface area contributed by atoms with Gasteiger partial charge in [0.05, 0.1) is 10.0 Å². The molecular formula is C14H17Cl2N3S. The first-order valence-corrected chi connectivity index (χ1v) is 8.15. The molecule has 0 aliphatic rings. The summed E-state index contributed by atoms with van der Waals surface area (Å²) in [6.45, 7) is 5.27. The first kappa shape index (κ1) is 15.7. The zero-order chi connectivity index (χ0) is 14.5. The number of benzene rings is 1. The van der Waals surface area contributed by atoms with Gasteiger partial charge in [-0.25, -0.2) is 0 Å². The van der Waals surface area contributed by atoms with Crippen LogP contribution < -0.4 is 5.32 Å². The third-order valence-electron chi connectivity index (χ3n) is 2.76. The van der Waals surface area contributed by atoms with Gasteiger partial charge in [0.1, 0.15) is 5.01 Å². The number of nitrogens with one attached hydrogen (secondary N) is 1. The van der Waals surface area contributed by atoms with Crippen LogP contribution in [0.25, 0.3) is 10.6 Å². The van der Waals surface area contributed by atoms with Crippen LogP contribution >= 0.6 is 34.5 Å². The summed E-state index contributed by atoms with van der Waals surface area (Å²) in [5.41, 5.74) is 0.778. The standard InChI is InChI=1S/C14H17Cl2N3S/c1-9(2)17-8-4-7-12-18-19-14(20-12)13-10(15)5-3-6-11(13)16/h3,5-6,9,17H,4,7-8H2,1-2H3. The topological polar surface area (TPSA) is 37.8 Å². The number of hydrogen-bond acceptors (Lipinski definition) is 4. The van der Waals surface area contributed by atoms with Crippen LogP contribution in [0.4, 0.5) is 0 Å². The fraction of sp³-hybridized carbons (Fsp3) is 0.429. The van der Waals surface area contributed by atoms with Crippen LogP contribution in [-0.2, 0) is 6.42 Å². The van der Waals surface area contributed by atoms with E-state index in [1.54, 1.807) is 11.3 Å². The fourth-order valence-corrected chi connectivity index (χ4v) is 3.43. The van der Waals surface area contributed by atoms with Crippen LogP contribution in [0.2, 0.25) is 10.0 Å². The molecule has 1 aromatic carbocycles. The normalized spacial score (nSPS) is 11.2. The average molecular weight is 330 g/mol. The minimum Gasteiger partial charge on any atom is -0.315 e. The van der Waals surface area contributed by atoms with E-state index in [1.165, 1.54) is 0 Å². The largest absolute Gasteiger partial charge is 0.315 e. The van der Waals surface area contributed by atoms with E-state index in [0.717, 1.165) is 35.0 Å². The van der Waals surface area contributed by atoms with Crippen molar-refractivity contribution in [2.45, 2.75) is 32.7 Å². The Balaban J connectivity index is 2.02. The number of aryl methyl sites for hydroxylation is 1. The van der Waals surface area contributed by atoms with E-state index in [0.29, 0.717) is 16.1 Å². The van der Waals surface area contributed by atoms with E-state index in [2.05, 4.69) is 29.4 Å². The van der Waals surface area contributed by atoms with Crippen molar-refractivity contribution in [3.05, 3.63) is 33.3 Å². The van der Waals surface area contributed by atoms with Crippen LogP contribution in [0.5, 0.6) is 0 Å². The predicted octanol–water partition coefficient (Wildman–Crippen LogP) is 4.44. The van der Waals surface area contributed by atoms with Gasteiger partial charge in [-0.05, 0) is 25.1 Å². The van der Waals surface area contributed by atoms with Crippen LogP contribution in [-0.4, -0.2) is 22.8 Å². The van der Waals surface area contributed by atoms with E-state index in [9.17, 15) is 0 Å². The van der Waals surface area contributed by atoms with Gasteiger partial charge in [0, 0.05) is 18.0 Å². The van der Waals surface area contributed by atoms with Gasteiger partial charge in [-0.3, -0.25) is 0 Å². The Hall–Kier alpha value is -0.680. The maximum Gasteiger partial charge on any atom is 0.150 e. The second-order valence-electron chi connectivity index (χ2n) is 4.81. The molecule has 1 heterocycles. The molecule has 0 radical (unpaired) electrons. The van der Waals surface area contributed by atoms with Crippen molar-refractivity contribution in [3.63, 3.8) is 0 Å². The highest BCUT2D eigenvalue weighted by Crippen LogP contribution is 2.36. The van der Waals surface area contributed by atoms with E-state index in [1.807, 2.05) is 18.2 Å². The highest BCUT2D eigenvalue weighted by Gasteiger charge is 2.13. The third-order valence-corrected chi connectivity index (χ3v) is 4.39. The molecule has 0 saturated heterocycles. The van der Waals surface area contributed by atoms with Crippen LogP contribution in [0.15, 0.2) is 18.2 Å². The first-order chi connectivity index (χ1) is 9.58. The molecule has 0 atom stereocenters. The van der Waals surface area contributed by atoms with E-state index >= 15 is 0 Å². The van der Waals surface area contributed by atoms with Gasteiger partial charge < -0.3 is 5.32 Å². The Kier molecular flexibility index (Phi) is 5.78. The second-order valence-corrected chi connectivity index (χ2v) is 6.69. The Morgan fingerprint density at radius 1 is 1.20 bits per heavy atom. The quantitative estimate of drug-likeness (QED) is 0.796. The fourth-order valence-electron chi connectivity index (χ4n) is 1.79. The molecular weight excluding hydrogens is 313 g/mol. The van der Waals surface area contributed by atoms with Crippen molar-refractivity contribution in [3.8, 4) is 10.6 Å². The van der Waals surface area contributed by atoms with Crippen LogP contribution in [0.3, 0.4) is 0 Å². The number of nitrogens with zero attached hydrogens (tertiary/aromatic N) is 2. The summed E-state index contributed by atoms with van der Waals surface area (Å²) < 4.78 is 0. The molecule has 2 aromatic rings. The molecule has 3 nitrogen and oxygen atoms in total. The molecule has 0 amide bonds.